The van der Waals surface area contributed by atoms with Crippen LogP contribution in [0.2, 0.25) is 0 Å². The second-order valence-electron chi connectivity index (χ2n) is 5.36. The van der Waals surface area contributed by atoms with E-state index in [1.807, 2.05) is 13.0 Å². The van der Waals surface area contributed by atoms with Gasteiger partial charge in [0.2, 0.25) is 0 Å². The number of rotatable bonds is 2. The molecule has 0 aromatic heterocycles. The van der Waals surface area contributed by atoms with Crippen LogP contribution in [0.4, 0.5) is 0 Å². The van der Waals surface area contributed by atoms with E-state index in [2.05, 4.69) is 17.9 Å². The molecule has 0 bridgehead atoms. The van der Waals surface area contributed by atoms with Crippen LogP contribution in [-0.4, -0.2) is 37.1 Å². The van der Waals surface area contributed by atoms with Crippen molar-refractivity contribution in [1.29, 1.82) is 0 Å². The normalized spacial score (nSPS) is 17.0. The molecule has 0 unspecified atom stereocenters. The summed E-state index contributed by atoms with van der Waals surface area (Å²) in [6.45, 7) is 7.31. The van der Waals surface area contributed by atoms with Gasteiger partial charge in [-0.1, -0.05) is 24.1 Å². The van der Waals surface area contributed by atoms with Gasteiger partial charge in [0.1, 0.15) is 5.75 Å². The predicted octanol–water partition coefficient (Wildman–Crippen LogP) is 0.135. The first-order valence-corrected chi connectivity index (χ1v) is 8.16. The average molecular weight is 322 g/mol. The van der Waals surface area contributed by atoms with Crippen molar-refractivity contribution in [3.8, 4) is 5.75 Å². The fourth-order valence-corrected chi connectivity index (χ4v) is 2.53. The third kappa shape index (κ3) is 7.61. The van der Waals surface area contributed by atoms with Crippen LogP contribution in [-0.2, 0) is 6.54 Å². The van der Waals surface area contributed by atoms with Gasteiger partial charge in [-0.25, -0.2) is 0 Å². The summed E-state index contributed by atoms with van der Waals surface area (Å²) in [7, 11) is -4.19. The number of phenols is 1. The second kappa shape index (κ2) is 7.93. The third-order valence-corrected chi connectivity index (χ3v) is 3.37. The van der Waals surface area contributed by atoms with Crippen LogP contribution in [0.25, 0.3) is 0 Å². The van der Waals surface area contributed by atoms with E-state index in [-0.39, 0.29) is 0 Å². The van der Waals surface area contributed by atoms with Crippen molar-refractivity contribution in [1.82, 2.24) is 4.90 Å². The first-order chi connectivity index (χ1) is 9.66. The van der Waals surface area contributed by atoms with Gasteiger partial charge in [-0.2, -0.15) is 0 Å². The first-order valence-electron chi connectivity index (χ1n) is 6.84. The summed E-state index contributed by atoms with van der Waals surface area (Å²) in [6.07, 6.45) is 3.95. The van der Waals surface area contributed by atoms with Gasteiger partial charge >= 0.3 is 28.9 Å². The molecular weight excluding hydrogens is 298 g/mol. The predicted molar refractivity (Wildman–Crippen MR) is 73.4 cm³/mol. The van der Waals surface area contributed by atoms with E-state index in [4.69, 9.17) is 18.6 Å². The molecule has 1 saturated heterocycles. The molecule has 2 rings (SSSR count). The molecular formula is C14H24ClNO5. The molecule has 1 aromatic carbocycles. The molecule has 7 heteroatoms. The van der Waals surface area contributed by atoms with Gasteiger partial charge in [-0.3, -0.25) is 4.90 Å². The summed E-state index contributed by atoms with van der Waals surface area (Å²) in [5.74, 6) is 0.483. The molecule has 0 saturated carbocycles. The summed E-state index contributed by atoms with van der Waals surface area (Å²) < 4.78 is 30.2. The summed E-state index contributed by atoms with van der Waals surface area (Å²) in [6, 6.07) is 4.14. The monoisotopic (exact) mass is 321 g/mol. The Morgan fingerprint density at radius 1 is 1.10 bits per heavy atom. The first kappa shape index (κ1) is 18.2. The second-order valence-corrected chi connectivity index (χ2v) is 6.23. The number of aromatic hydroxyl groups is 1. The molecule has 1 aliphatic rings. The van der Waals surface area contributed by atoms with Crippen LogP contribution >= 0.6 is 0 Å². The number of aryl methyl sites for hydroxylation is 2. The van der Waals surface area contributed by atoms with E-state index in [0.717, 1.165) is 17.7 Å². The zero-order valence-corrected chi connectivity index (χ0v) is 13.2. The minimum atomic E-state index is -4.19. The Kier molecular flexibility index (Phi) is 6.86. The fraction of sp³-hybridized carbons (Fsp3) is 0.571. The molecule has 6 nitrogen and oxygen atoms in total. The van der Waals surface area contributed by atoms with Crippen molar-refractivity contribution in [3.05, 3.63) is 28.8 Å². The molecule has 0 atom stereocenters. The van der Waals surface area contributed by atoms with Gasteiger partial charge in [-0.15, -0.1) is 0 Å². The Labute approximate surface area is 127 Å². The van der Waals surface area contributed by atoms with Crippen molar-refractivity contribution in [2.24, 2.45) is 0 Å². The molecule has 1 aromatic rings. The van der Waals surface area contributed by atoms with Crippen LogP contribution in [0.3, 0.4) is 0 Å². The van der Waals surface area contributed by atoms with Gasteiger partial charge in [0.05, 0.1) is 0 Å². The van der Waals surface area contributed by atoms with Gasteiger partial charge in [0, 0.05) is 12.1 Å². The van der Waals surface area contributed by atoms with Crippen molar-refractivity contribution in [3.63, 3.8) is 0 Å². The number of piperidine rings is 1. The SMILES string of the molecule is Cc1cc(C)c(O)c(CN2CCCCC2)c1.[O-][Cl+](O)(O)O. The van der Waals surface area contributed by atoms with Crippen LogP contribution in [0.1, 0.15) is 36.0 Å². The number of likely N-dealkylation sites (tertiary alicyclic amines) is 1. The van der Waals surface area contributed by atoms with Crippen LogP contribution in [0.15, 0.2) is 12.1 Å². The maximum atomic E-state index is 10.0. The number of halogens is 1. The van der Waals surface area contributed by atoms with E-state index in [1.165, 1.54) is 37.9 Å². The topological polar surface area (TPSA) is 107 Å². The molecule has 0 radical (unpaired) electrons. The van der Waals surface area contributed by atoms with Gasteiger partial charge in [0.15, 0.2) is 0 Å². The molecule has 0 aliphatic carbocycles. The summed E-state index contributed by atoms with van der Waals surface area (Å²) in [5.41, 5.74) is 3.31. The van der Waals surface area contributed by atoms with Crippen LogP contribution in [0, 0.1) is 24.1 Å². The standard InChI is InChI=1S/C14H21NO.ClH3O4/c1-11-8-12(2)14(16)13(9-11)10-15-6-4-3-5-7-15;2-1(3,4)5/h8-9,16H,3-7,10H2,1-2H3;2-4H. The average Bonchev–Trinajstić information content (AvgIpc) is 2.34. The Balaban J connectivity index is 0.000000383. The Morgan fingerprint density at radius 2 is 1.62 bits per heavy atom. The number of phenolic OH excluding ortho intramolecular Hbond substituents is 1. The molecule has 1 fully saturated rings. The van der Waals surface area contributed by atoms with Crippen molar-refractivity contribution in [2.45, 2.75) is 39.7 Å². The number of hydrogen-bond acceptors (Lipinski definition) is 6. The molecule has 4 N–H and O–H groups in total. The Morgan fingerprint density at radius 3 is 2.14 bits per heavy atom. The van der Waals surface area contributed by atoms with Crippen molar-refractivity contribution >= 4 is 0 Å². The van der Waals surface area contributed by atoms with E-state index in [1.54, 1.807) is 0 Å². The number of benzene rings is 1. The van der Waals surface area contributed by atoms with Crippen LogP contribution < -0.4 is 4.66 Å². The molecule has 21 heavy (non-hydrogen) atoms. The molecule has 122 valence electrons. The molecule has 1 aliphatic heterocycles. The maximum absolute atomic E-state index is 10.0. The number of hydrogen-bond donors (Lipinski definition) is 4. The van der Waals surface area contributed by atoms with E-state index >= 15 is 0 Å². The summed E-state index contributed by atoms with van der Waals surface area (Å²) in [4.78, 5) is 2.44. The Hall–Kier alpha value is -0.890. The zero-order chi connectivity index (χ0) is 16.0. The molecule has 1 heterocycles. The van der Waals surface area contributed by atoms with E-state index in [9.17, 15) is 5.11 Å². The van der Waals surface area contributed by atoms with Crippen molar-refractivity contribution < 1.29 is 34.0 Å². The summed E-state index contributed by atoms with van der Waals surface area (Å²) >= 11 is 0. The summed E-state index contributed by atoms with van der Waals surface area (Å²) in [5, 5.41) is 10.0. The fourth-order valence-electron chi connectivity index (χ4n) is 2.53. The molecule has 0 amide bonds. The minimum absolute atomic E-state index is 0.483. The van der Waals surface area contributed by atoms with Gasteiger partial charge in [-0.05, 0) is 45.3 Å². The quantitative estimate of drug-likeness (QED) is 0.617. The van der Waals surface area contributed by atoms with Gasteiger partial charge in [0.25, 0.3) is 0 Å². The number of nitrogens with zero attached hydrogens (tertiary/aromatic N) is 1. The molecule has 0 spiro atoms. The van der Waals surface area contributed by atoms with Crippen LogP contribution in [0.5, 0.6) is 5.75 Å². The third-order valence-electron chi connectivity index (χ3n) is 3.37. The zero-order valence-electron chi connectivity index (χ0n) is 12.4. The van der Waals surface area contributed by atoms with E-state index < -0.39 is 10.2 Å². The van der Waals surface area contributed by atoms with Gasteiger partial charge < -0.3 is 5.11 Å². The Bertz CT molecular complexity index is 449. The van der Waals surface area contributed by atoms with Crippen molar-refractivity contribution in [2.75, 3.05) is 13.1 Å². The van der Waals surface area contributed by atoms with E-state index in [0.29, 0.717) is 5.75 Å².